The Morgan fingerprint density at radius 3 is 2.36 bits per heavy atom. The summed E-state index contributed by atoms with van der Waals surface area (Å²) in [6.07, 6.45) is -1.02. The summed E-state index contributed by atoms with van der Waals surface area (Å²) in [4.78, 5) is 16.8. The van der Waals surface area contributed by atoms with Crippen LogP contribution in [0.5, 0.6) is 0 Å². The summed E-state index contributed by atoms with van der Waals surface area (Å²) in [7, 11) is -4.50. The first-order chi connectivity index (χ1) is 6.49. The van der Waals surface area contributed by atoms with Gasteiger partial charge in [-0.3, -0.25) is 4.52 Å². The molecule has 0 heterocycles. The van der Waals surface area contributed by atoms with Gasteiger partial charge in [-0.05, 0) is 5.56 Å². The van der Waals surface area contributed by atoms with Crippen molar-refractivity contribution in [2.45, 2.75) is 6.10 Å². The van der Waals surface area contributed by atoms with Gasteiger partial charge < -0.3 is 14.9 Å². The van der Waals surface area contributed by atoms with E-state index in [-0.39, 0.29) is 0 Å². The van der Waals surface area contributed by atoms with E-state index in [1.807, 2.05) is 0 Å². The molecule has 1 rings (SSSR count). The molecule has 1 aromatic rings. The molecule has 0 bridgehead atoms. The number of phosphoric acid groups is 1. The number of hydrogen-bond acceptors (Lipinski definition) is 3. The van der Waals surface area contributed by atoms with Crippen LogP contribution in [0.15, 0.2) is 30.3 Å². The fourth-order valence-corrected chi connectivity index (χ4v) is 1.27. The zero-order valence-electron chi connectivity index (χ0n) is 7.28. The van der Waals surface area contributed by atoms with Gasteiger partial charge in [-0.1, -0.05) is 30.3 Å². The second-order valence-electron chi connectivity index (χ2n) is 2.71. The van der Waals surface area contributed by atoms with E-state index in [4.69, 9.17) is 9.79 Å². The zero-order valence-corrected chi connectivity index (χ0v) is 8.17. The van der Waals surface area contributed by atoms with Gasteiger partial charge in [-0.2, -0.15) is 0 Å². The Labute approximate surface area is 81.2 Å². The van der Waals surface area contributed by atoms with E-state index in [1.165, 1.54) is 0 Å². The van der Waals surface area contributed by atoms with Gasteiger partial charge in [0, 0.05) is 0 Å². The van der Waals surface area contributed by atoms with E-state index in [0.717, 1.165) is 0 Å². The third-order valence-electron chi connectivity index (χ3n) is 1.58. The van der Waals surface area contributed by atoms with Crippen molar-refractivity contribution in [3.63, 3.8) is 0 Å². The summed E-state index contributed by atoms with van der Waals surface area (Å²) in [5.74, 6) is 0. The number of hydrogen-bond donors (Lipinski definition) is 3. The summed E-state index contributed by atoms with van der Waals surface area (Å²) >= 11 is 0. The van der Waals surface area contributed by atoms with Gasteiger partial charge in [0.15, 0.2) is 0 Å². The van der Waals surface area contributed by atoms with Crippen molar-refractivity contribution in [3.05, 3.63) is 35.9 Å². The molecule has 1 unspecified atom stereocenters. The Bertz CT molecular complexity index is 320. The predicted octanol–water partition coefficient (Wildman–Crippen LogP) is 0.829. The molecule has 0 aliphatic carbocycles. The molecular weight excluding hydrogens is 207 g/mol. The van der Waals surface area contributed by atoms with E-state index in [9.17, 15) is 9.67 Å². The lowest BCUT2D eigenvalue weighted by Gasteiger charge is -2.11. The zero-order chi connectivity index (χ0) is 10.6. The first-order valence-electron chi connectivity index (χ1n) is 3.92. The third kappa shape index (κ3) is 4.00. The highest BCUT2D eigenvalue weighted by molar-refractivity contribution is 7.46. The highest BCUT2D eigenvalue weighted by Crippen LogP contribution is 2.36. The Morgan fingerprint density at radius 2 is 1.86 bits per heavy atom. The van der Waals surface area contributed by atoms with Gasteiger partial charge in [0.2, 0.25) is 0 Å². The lowest BCUT2D eigenvalue weighted by Crippen LogP contribution is -2.05. The molecule has 0 amide bonds. The molecule has 0 aromatic heterocycles. The van der Waals surface area contributed by atoms with E-state index in [1.54, 1.807) is 30.3 Å². The van der Waals surface area contributed by atoms with Crippen molar-refractivity contribution < 1.29 is 24.0 Å². The van der Waals surface area contributed by atoms with E-state index >= 15 is 0 Å². The van der Waals surface area contributed by atoms with Crippen LogP contribution in [-0.4, -0.2) is 21.5 Å². The van der Waals surface area contributed by atoms with Crippen molar-refractivity contribution in [3.8, 4) is 0 Å². The van der Waals surface area contributed by atoms with Crippen LogP contribution < -0.4 is 0 Å². The standard InChI is InChI=1S/C8H11O5P/c9-8(6-13-14(10,11)12)7-4-2-1-3-5-7/h1-5,8-9H,6H2,(H2,10,11,12). The van der Waals surface area contributed by atoms with Gasteiger partial charge in [0.25, 0.3) is 0 Å². The van der Waals surface area contributed by atoms with Crippen molar-refractivity contribution in [1.82, 2.24) is 0 Å². The monoisotopic (exact) mass is 218 g/mol. The average molecular weight is 218 g/mol. The van der Waals surface area contributed by atoms with Crippen LogP contribution in [0.2, 0.25) is 0 Å². The molecular formula is C8H11O5P. The molecule has 78 valence electrons. The predicted molar refractivity (Wildman–Crippen MR) is 49.4 cm³/mol. The Morgan fingerprint density at radius 1 is 1.29 bits per heavy atom. The van der Waals surface area contributed by atoms with Gasteiger partial charge >= 0.3 is 7.82 Å². The van der Waals surface area contributed by atoms with Gasteiger partial charge in [0.05, 0.1) is 6.61 Å². The van der Waals surface area contributed by atoms with Gasteiger partial charge in [0.1, 0.15) is 6.10 Å². The summed E-state index contributed by atoms with van der Waals surface area (Å²) in [5, 5.41) is 9.42. The Kier molecular flexibility index (Phi) is 3.80. The molecule has 0 fully saturated rings. The fourth-order valence-electron chi connectivity index (χ4n) is 0.939. The van der Waals surface area contributed by atoms with Crippen molar-refractivity contribution in [2.24, 2.45) is 0 Å². The number of aliphatic hydroxyl groups is 1. The van der Waals surface area contributed by atoms with Gasteiger partial charge in [-0.15, -0.1) is 0 Å². The van der Waals surface area contributed by atoms with Crippen LogP contribution in [0.3, 0.4) is 0 Å². The van der Waals surface area contributed by atoms with Crippen LogP contribution in [0.25, 0.3) is 0 Å². The van der Waals surface area contributed by atoms with Crippen molar-refractivity contribution in [2.75, 3.05) is 6.61 Å². The smallest absolute Gasteiger partial charge is 0.386 e. The second-order valence-corrected chi connectivity index (χ2v) is 3.95. The van der Waals surface area contributed by atoms with Crippen LogP contribution in [0.4, 0.5) is 0 Å². The SMILES string of the molecule is O=P(O)(O)OCC(O)c1ccccc1. The minimum absolute atomic E-state index is 0.422. The summed E-state index contributed by atoms with van der Waals surface area (Å²) in [6.45, 7) is -0.422. The Hall–Kier alpha value is -0.710. The maximum Gasteiger partial charge on any atom is 0.469 e. The van der Waals surface area contributed by atoms with Crippen LogP contribution in [0, 0.1) is 0 Å². The molecule has 0 spiro atoms. The quantitative estimate of drug-likeness (QED) is 0.651. The van der Waals surface area contributed by atoms with E-state index in [0.29, 0.717) is 5.56 Å². The normalized spacial score (nSPS) is 13.9. The van der Waals surface area contributed by atoms with Crippen molar-refractivity contribution >= 4 is 7.82 Å². The maximum atomic E-state index is 10.3. The van der Waals surface area contributed by atoms with Crippen LogP contribution in [-0.2, 0) is 9.09 Å². The third-order valence-corrected chi connectivity index (χ3v) is 2.07. The topological polar surface area (TPSA) is 87.0 Å². The molecule has 6 heteroatoms. The molecule has 1 atom stereocenters. The first kappa shape index (κ1) is 11.4. The molecule has 0 aliphatic rings. The van der Waals surface area contributed by atoms with Crippen LogP contribution in [0.1, 0.15) is 11.7 Å². The average Bonchev–Trinajstić information content (AvgIpc) is 2.14. The number of rotatable bonds is 4. The minimum Gasteiger partial charge on any atom is -0.386 e. The molecule has 1 aromatic carbocycles. The minimum atomic E-state index is -4.50. The molecule has 14 heavy (non-hydrogen) atoms. The molecule has 0 saturated heterocycles. The lowest BCUT2D eigenvalue weighted by atomic mass is 10.1. The largest absolute Gasteiger partial charge is 0.469 e. The Balaban J connectivity index is 2.52. The molecule has 5 nitrogen and oxygen atoms in total. The van der Waals surface area contributed by atoms with Crippen LogP contribution >= 0.6 is 7.82 Å². The molecule has 0 saturated carbocycles. The number of phosphoric ester groups is 1. The molecule has 0 radical (unpaired) electrons. The summed E-state index contributed by atoms with van der Waals surface area (Å²) in [5.41, 5.74) is 0.556. The number of benzene rings is 1. The first-order valence-corrected chi connectivity index (χ1v) is 5.45. The highest BCUT2D eigenvalue weighted by Gasteiger charge is 2.17. The fraction of sp³-hybridized carbons (Fsp3) is 0.250. The maximum absolute atomic E-state index is 10.3. The molecule has 3 N–H and O–H groups in total. The number of aliphatic hydroxyl groups excluding tert-OH is 1. The lowest BCUT2D eigenvalue weighted by molar-refractivity contribution is 0.0851. The van der Waals surface area contributed by atoms with E-state index in [2.05, 4.69) is 4.52 Å². The summed E-state index contributed by atoms with van der Waals surface area (Å²) in [6, 6.07) is 8.51. The second kappa shape index (κ2) is 4.68. The highest BCUT2D eigenvalue weighted by atomic mass is 31.2. The van der Waals surface area contributed by atoms with Crippen molar-refractivity contribution in [1.29, 1.82) is 0 Å². The van der Waals surface area contributed by atoms with E-state index < -0.39 is 20.5 Å². The molecule has 0 aliphatic heterocycles. The summed E-state index contributed by atoms with van der Waals surface area (Å²) < 4.78 is 14.5. The van der Waals surface area contributed by atoms with Gasteiger partial charge in [-0.25, -0.2) is 4.57 Å².